The quantitative estimate of drug-likeness (QED) is 0.878. The minimum absolute atomic E-state index is 0.110. The molecule has 0 spiro atoms. The number of hydrogen-bond donors (Lipinski definition) is 1. The standard InChI is InChI=1S/C13H11BrClNOS/c1-8-2-3-9(4-12(8)15)13(17)16-6-11-5-10(14)7-18-11/h2-5,7H,6H2,1H3,(H,16,17). The lowest BCUT2D eigenvalue weighted by Crippen LogP contribution is -2.22. The molecule has 0 aliphatic carbocycles. The third-order valence-corrected chi connectivity index (χ3v) is 4.58. The number of hydrogen-bond acceptors (Lipinski definition) is 2. The average molecular weight is 345 g/mol. The predicted molar refractivity (Wildman–Crippen MR) is 79.4 cm³/mol. The van der Waals surface area contributed by atoms with E-state index < -0.39 is 0 Å². The third kappa shape index (κ3) is 3.34. The lowest BCUT2D eigenvalue weighted by atomic mass is 10.1. The summed E-state index contributed by atoms with van der Waals surface area (Å²) in [5.74, 6) is -0.110. The average Bonchev–Trinajstić information content (AvgIpc) is 2.75. The van der Waals surface area contributed by atoms with Crippen LogP contribution in [0, 0.1) is 6.92 Å². The van der Waals surface area contributed by atoms with Crippen molar-refractivity contribution < 1.29 is 4.79 Å². The first-order chi connectivity index (χ1) is 8.56. The van der Waals surface area contributed by atoms with Gasteiger partial charge in [0.1, 0.15) is 0 Å². The van der Waals surface area contributed by atoms with Gasteiger partial charge in [0.2, 0.25) is 0 Å². The number of nitrogens with one attached hydrogen (secondary N) is 1. The Morgan fingerprint density at radius 3 is 2.83 bits per heavy atom. The van der Waals surface area contributed by atoms with E-state index in [4.69, 9.17) is 11.6 Å². The number of amides is 1. The molecule has 0 saturated heterocycles. The number of carbonyl (C=O) groups is 1. The van der Waals surface area contributed by atoms with Gasteiger partial charge in [0, 0.05) is 25.3 Å². The summed E-state index contributed by atoms with van der Waals surface area (Å²) in [4.78, 5) is 13.0. The first kappa shape index (κ1) is 13.6. The van der Waals surface area contributed by atoms with Gasteiger partial charge >= 0.3 is 0 Å². The predicted octanol–water partition coefficient (Wildman–Crippen LogP) is 4.40. The molecule has 0 unspecified atom stereocenters. The van der Waals surface area contributed by atoms with Gasteiger partial charge in [-0.15, -0.1) is 11.3 Å². The molecule has 1 aromatic carbocycles. The molecule has 1 amide bonds. The van der Waals surface area contributed by atoms with Gasteiger partial charge in [-0.05, 0) is 46.6 Å². The van der Waals surface area contributed by atoms with E-state index in [1.807, 2.05) is 24.4 Å². The summed E-state index contributed by atoms with van der Waals surface area (Å²) in [6.45, 7) is 2.44. The topological polar surface area (TPSA) is 29.1 Å². The first-order valence-corrected chi connectivity index (χ1v) is 7.38. The van der Waals surface area contributed by atoms with Crippen LogP contribution in [0.2, 0.25) is 5.02 Å². The molecule has 1 aromatic heterocycles. The molecule has 0 atom stereocenters. The zero-order valence-corrected chi connectivity index (χ0v) is 12.8. The van der Waals surface area contributed by atoms with Crippen LogP contribution in [0.1, 0.15) is 20.8 Å². The molecule has 2 rings (SSSR count). The van der Waals surface area contributed by atoms with E-state index in [1.165, 1.54) is 0 Å². The van der Waals surface area contributed by atoms with E-state index in [0.717, 1.165) is 14.9 Å². The molecule has 94 valence electrons. The molecule has 0 radical (unpaired) electrons. The van der Waals surface area contributed by atoms with Crippen molar-refractivity contribution in [2.45, 2.75) is 13.5 Å². The fraction of sp³-hybridized carbons (Fsp3) is 0.154. The molecule has 2 aromatic rings. The molecular formula is C13H11BrClNOS. The maximum absolute atomic E-state index is 11.9. The van der Waals surface area contributed by atoms with Crippen LogP contribution >= 0.6 is 38.9 Å². The monoisotopic (exact) mass is 343 g/mol. The lowest BCUT2D eigenvalue weighted by Gasteiger charge is -2.05. The highest BCUT2D eigenvalue weighted by molar-refractivity contribution is 9.10. The van der Waals surface area contributed by atoms with Gasteiger partial charge < -0.3 is 5.32 Å². The van der Waals surface area contributed by atoms with Gasteiger partial charge in [0.25, 0.3) is 5.91 Å². The molecule has 0 saturated carbocycles. The zero-order chi connectivity index (χ0) is 13.1. The fourth-order valence-electron chi connectivity index (χ4n) is 1.45. The normalized spacial score (nSPS) is 10.4. The summed E-state index contributed by atoms with van der Waals surface area (Å²) in [7, 11) is 0. The van der Waals surface area contributed by atoms with Crippen LogP contribution < -0.4 is 5.32 Å². The maximum Gasteiger partial charge on any atom is 0.251 e. The molecule has 0 aliphatic heterocycles. The SMILES string of the molecule is Cc1ccc(C(=O)NCc2cc(Br)cs2)cc1Cl. The Bertz CT molecular complexity index is 582. The zero-order valence-electron chi connectivity index (χ0n) is 9.67. The second-order valence-corrected chi connectivity index (χ2v) is 6.20. The van der Waals surface area contributed by atoms with E-state index in [1.54, 1.807) is 23.5 Å². The Hall–Kier alpha value is -0.840. The summed E-state index contributed by atoms with van der Waals surface area (Å²) in [5, 5.41) is 5.47. The van der Waals surface area contributed by atoms with Crippen LogP contribution in [0.5, 0.6) is 0 Å². The van der Waals surface area contributed by atoms with E-state index in [-0.39, 0.29) is 5.91 Å². The Kier molecular flexibility index (Phi) is 4.43. The van der Waals surface area contributed by atoms with Gasteiger partial charge in [0.05, 0.1) is 6.54 Å². The van der Waals surface area contributed by atoms with Crippen molar-refractivity contribution in [3.8, 4) is 0 Å². The van der Waals surface area contributed by atoms with E-state index in [2.05, 4.69) is 21.2 Å². The van der Waals surface area contributed by atoms with Crippen LogP contribution in [0.15, 0.2) is 34.1 Å². The second kappa shape index (κ2) is 5.87. The molecular weight excluding hydrogens is 334 g/mol. The summed E-state index contributed by atoms with van der Waals surface area (Å²) >= 11 is 11.0. The third-order valence-electron chi connectivity index (χ3n) is 2.48. The number of rotatable bonds is 3. The van der Waals surface area contributed by atoms with Crippen molar-refractivity contribution in [3.05, 3.63) is 55.1 Å². The molecule has 1 heterocycles. The van der Waals surface area contributed by atoms with Gasteiger partial charge in [-0.3, -0.25) is 4.79 Å². The van der Waals surface area contributed by atoms with Crippen molar-refractivity contribution in [1.82, 2.24) is 5.32 Å². The first-order valence-electron chi connectivity index (χ1n) is 5.33. The largest absolute Gasteiger partial charge is 0.347 e. The van der Waals surface area contributed by atoms with Gasteiger partial charge in [-0.2, -0.15) is 0 Å². The van der Waals surface area contributed by atoms with E-state index in [0.29, 0.717) is 17.1 Å². The van der Waals surface area contributed by atoms with Crippen LogP contribution in [0.3, 0.4) is 0 Å². The number of benzene rings is 1. The number of thiophene rings is 1. The van der Waals surface area contributed by atoms with Crippen LogP contribution in [0.25, 0.3) is 0 Å². The van der Waals surface area contributed by atoms with Crippen LogP contribution in [-0.4, -0.2) is 5.91 Å². The van der Waals surface area contributed by atoms with Gasteiger partial charge in [-0.25, -0.2) is 0 Å². The van der Waals surface area contributed by atoms with E-state index >= 15 is 0 Å². The van der Waals surface area contributed by atoms with Crippen LogP contribution in [0.4, 0.5) is 0 Å². The highest BCUT2D eigenvalue weighted by Gasteiger charge is 2.07. The van der Waals surface area contributed by atoms with Crippen molar-refractivity contribution in [3.63, 3.8) is 0 Å². The Labute approximate surface area is 123 Å². The van der Waals surface area contributed by atoms with E-state index in [9.17, 15) is 4.79 Å². The number of carbonyl (C=O) groups excluding carboxylic acids is 1. The summed E-state index contributed by atoms with van der Waals surface area (Å²) in [6.07, 6.45) is 0. The second-order valence-electron chi connectivity index (χ2n) is 3.88. The number of aryl methyl sites for hydroxylation is 1. The number of halogens is 2. The molecule has 5 heteroatoms. The Balaban J connectivity index is 2.01. The summed E-state index contributed by atoms with van der Waals surface area (Å²) in [6, 6.07) is 7.31. The minimum atomic E-state index is -0.110. The van der Waals surface area contributed by atoms with Gasteiger partial charge in [0.15, 0.2) is 0 Å². The fourth-order valence-corrected chi connectivity index (χ4v) is 3.02. The molecule has 18 heavy (non-hydrogen) atoms. The summed E-state index contributed by atoms with van der Waals surface area (Å²) < 4.78 is 1.04. The molecule has 0 bridgehead atoms. The molecule has 1 N–H and O–H groups in total. The lowest BCUT2D eigenvalue weighted by molar-refractivity contribution is 0.0951. The Morgan fingerprint density at radius 2 is 2.22 bits per heavy atom. The minimum Gasteiger partial charge on any atom is -0.347 e. The molecule has 2 nitrogen and oxygen atoms in total. The highest BCUT2D eigenvalue weighted by Crippen LogP contribution is 2.20. The van der Waals surface area contributed by atoms with Gasteiger partial charge in [-0.1, -0.05) is 17.7 Å². The highest BCUT2D eigenvalue weighted by atomic mass is 79.9. The maximum atomic E-state index is 11.9. The molecule has 0 fully saturated rings. The Morgan fingerprint density at radius 1 is 1.44 bits per heavy atom. The van der Waals surface area contributed by atoms with Crippen molar-refractivity contribution in [2.24, 2.45) is 0 Å². The van der Waals surface area contributed by atoms with Crippen molar-refractivity contribution in [1.29, 1.82) is 0 Å². The van der Waals surface area contributed by atoms with Crippen LogP contribution in [-0.2, 0) is 6.54 Å². The van der Waals surface area contributed by atoms with Crippen molar-refractivity contribution in [2.75, 3.05) is 0 Å². The smallest absolute Gasteiger partial charge is 0.251 e. The van der Waals surface area contributed by atoms with Crippen molar-refractivity contribution >= 4 is 44.8 Å². The summed E-state index contributed by atoms with van der Waals surface area (Å²) in [5.41, 5.74) is 1.55. The molecule has 0 aliphatic rings.